The van der Waals surface area contributed by atoms with E-state index in [9.17, 15) is 19.7 Å². The van der Waals surface area contributed by atoms with Crippen molar-refractivity contribution in [2.45, 2.75) is 0 Å². The van der Waals surface area contributed by atoms with Gasteiger partial charge in [-0.1, -0.05) is 30.3 Å². The number of ether oxygens (including phenoxy) is 2. The minimum Gasteiger partial charge on any atom is -0.465 e. The average molecular weight is 420 g/mol. The minimum atomic E-state index is -0.695. The van der Waals surface area contributed by atoms with E-state index in [1.54, 1.807) is 24.3 Å². The van der Waals surface area contributed by atoms with Crippen LogP contribution >= 0.6 is 15.9 Å². The molecule has 134 valence electrons. The number of esters is 2. The van der Waals surface area contributed by atoms with E-state index in [4.69, 9.17) is 9.47 Å². The molecule has 2 rings (SSSR count). The maximum atomic E-state index is 12.3. The zero-order chi connectivity index (χ0) is 19.3. The fourth-order valence-corrected chi connectivity index (χ4v) is 2.83. The van der Waals surface area contributed by atoms with Crippen LogP contribution in [0.4, 0.5) is 5.69 Å². The van der Waals surface area contributed by atoms with Crippen LogP contribution in [-0.4, -0.2) is 31.1 Å². The SMILES string of the molecule is COC(=O)/C(=C/c1cccc([N+](=O)[O-])c1Br)c1ccccc1C(=O)OC. The first kappa shape index (κ1) is 19.3. The van der Waals surface area contributed by atoms with Gasteiger partial charge in [-0.3, -0.25) is 10.1 Å². The van der Waals surface area contributed by atoms with Gasteiger partial charge < -0.3 is 9.47 Å². The molecule has 2 aromatic rings. The number of carbonyl (C=O) groups is 2. The molecule has 0 saturated heterocycles. The third-order valence-corrected chi connectivity index (χ3v) is 4.40. The van der Waals surface area contributed by atoms with Gasteiger partial charge in [0.1, 0.15) is 4.47 Å². The molecule has 0 radical (unpaired) electrons. The van der Waals surface area contributed by atoms with Crippen molar-refractivity contribution >= 4 is 45.2 Å². The van der Waals surface area contributed by atoms with Crippen molar-refractivity contribution in [1.29, 1.82) is 0 Å². The summed E-state index contributed by atoms with van der Waals surface area (Å²) in [5.41, 5.74) is 0.774. The summed E-state index contributed by atoms with van der Waals surface area (Å²) in [6.45, 7) is 0. The molecule has 8 heteroatoms. The second-order valence-corrected chi connectivity index (χ2v) is 5.82. The quantitative estimate of drug-likeness (QED) is 0.240. The van der Waals surface area contributed by atoms with Gasteiger partial charge in [-0.05, 0) is 33.6 Å². The van der Waals surface area contributed by atoms with Gasteiger partial charge in [0, 0.05) is 11.6 Å². The molecule has 2 aromatic carbocycles. The smallest absolute Gasteiger partial charge is 0.338 e. The van der Waals surface area contributed by atoms with E-state index < -0.39 is 16.9 Å². The largest absolute Gasteiger partial charge is 0.465 e. The Morgan fingerprint density at radius 1 is 1.04 bits per heavy atom. The predicted molar refractivity (Wildman–Crippen MR) is 98.5 cm³/mol. The Bertz CT molecular complexity index is 906. The Balaban J connectivity index is 2.71. The Hall–Kier alpha value is -3.00. The maximum absolute atomic E-state index is 12.3. The van der Waals surface area contributed by atoms with Gasteiger partial charge >= 0.3 is 11.9 Å². The molecular weight excluding hydrogens is 406 g/mol. The number of nitro benzene ring substituents is 1. The molecule has 0 fully saturated rings. The predicted octanol–water partition coefficient (Wildman–Crippen LogP) is 3.86. The van der Waals surface area contributed by atoms with Crippen molar-refractivity contribution in [3.8, 4) is 0 Å². The molecule has 0 N–H and O–H groups in total. The zero-order valence-corrected chi connectivity index (χ0v) is 15.5. The topological polar surface area (TPSA) is 95.7 Å². The highest BCUT2D eigenvalue weighted by atomic mass is 79.9. The number of nitro groups is 1. The lowest BCUT2D eigenvalue weighted by molar-refractivity contribution is -0.385. The van der Waals surface area contributed by atoms with Crippen molar-refractivity contribution in [3.05, 3.63) is 73.7 Å². The van der Waals surface area contributed by atoms with Crippen LogP contribution in [-0.2, 0) is 14.3 Å². The zero-order valence-electron chi connectivity index (χ0n) is 13.9. The highest BCUT2D eigenvalue weighted by Gasteiger charge is 2.22. The molecule has 0 amide bonds. The van der Waals surface area contributed by atoms with Crippen LogP contribution in [0.3, 0.4) is 0 Å². The highest BCUT2D eigenvalue weighted by molar-refractivity contribution is 9.10. The molecule has 0 saturated carbocycles. The van der Waals surface area contributed by atoms with Gasteiger partial charge in [-0.2, -0.15) is 0 Å². The molecule has 0 spiro atoms. The molecule has 0 aliphatic rings. The lowest BCUT2D eigenvalue weighted by Gasteiger charge is -2.11. The molecule has 0 aliphatic carbocycles. The van der Waals surface area contributed by atoms with Gasteiger partial charge in [0.25, 0.3) is 5.69 Å². The van der Waals surface area contributed by atoms with Crippen molar-refractivity contribution in [1.82, 2.24) is 0 Å². The summed E-state index contributed by atoms with van der Waals surface area (Å²) in [4.78, 5) is 34.9. The lowest BCUT2D eigenvalue weighted by Crippen LogP contribution is -2.10. The highest BCUT2D eigenvalue weighted by Crippen LogP contribution is 2.32. The molecule has 0 aromatic heterocycles. The van der Waals surface area contributed by atoms with Crippen LogP contribution in [0.2, 0.25) is 0 Å². The first-order valence-electron chi connectivity index (χ1n) is 7.31. The van der Waals surface area contributed by atoms with E-state index >= 15 is 0 Å². The molecular formula is C18H14BrNO6. The van der Waals surface area contributed by atoms with Crippen LogP contribution in [0.25, 0.3) is 11.6 Å². The lowest BCUT2D eigenvalue weighted by atomic mass is 9.97. The van der Waals surface area contributed by atoms with Crippen LogP contribution in [0.1, 0.15) is 21.5 Å². The monoisotopic (exact) mass is 419 g/mol. The number of rotatable bonds is 5. The van der Waals surface area contributed by atoms with E-state index in [1.807, 2.05) is 0 Å². The summed E-state index contributed by atoms with van der Waals surface area (Å²) in [6.07, 6.45) is 1.42. The van der Waals surface area contributed by atoms with Gasteiger partial charge in [-0.15, -0.1) is 0 Å². The minimum absolute atomic E-state index is 0.0645. The molecule has 0 atom stereocenters. The second kappa shape index (κ2) is 8.39. The Morgan fingerprint density at radius 3 is 2.27 bits per heavy atom. The van der Waals surface area contributed by atoms with Crippen LogP contribution in [0.15, 0.2) is 46.9 Å². The number of benzene rings is 2. The van der Waals surface area contributed by atoms with E-state index in [2.05, 4.69) is 15.9 Å². The molecule has 0 unspecified atom stereocenters. The first-order chi connectivity index (χ1) is 12.4. The summed E-state index contributed by atoms with van der Waals surface area (Å²) in [5.74, 6) is -1.31. The summed E-state index contributed by atoms with van der Waals surface area (Å²) >= 11 is 3.19. The van der Waals surface area contributed by atoms with E-state index in [-0.39, 0.29) is 21.3 Å². The van der Waals surface area contributed by atoms with Crippen molar-refractivity contribution in [2.24, 2.45) is 0 Å². The standard InChI is InChI=1S/C18H14BrNO6/c1-25-17(21)13-8-4-3-7-12(13)14(18(22)26-2)10-11-6-5-9-15(16(11)19)20(23)24/h3-10H,1-2H3/b14-10+. The normalized spacial score (nSPS) is 11.0. The first-order valence-corrected chi connectivity index (χ1v) is 8.10. The van der Waals surface area contributed by atoms with E-state index in [0.717, 1.165) is 0 Å². The number of nitrogens with zero attached hydrogens (tertiary/aromatic N) is 1. The van der Waals surface area contributed by atoms with E-state index in [0.29, 0.717) is 11.1 Å². The number of halogens is 1. The van der Waals surface area contributed by atoms with Crippen LogP contribution in [0, 0.1) is 10.1 Å². The Morgan fingerprint density at radius 2 is 1.69 bits per heavy atom. The van der Waals surface area contributed by atoms with Gasteiger partial charge in [0.05, 0.1) is 30.3 Å². The average Bonchev–Trinajstić information content (AvgIpc) is 2.65. The molecule has 0 aliphatic heterocycles. The molecule has 0 bridgehead atoms. The summed E-state index contributed by atoms with van der Waals surface area (Å²) in [6, 6.07) is 10.8. The van der Waals surface area contributed by atoms with E-state index in [1.165, 1.54) is 38.5 Å². The number of methoxy groups -OCH3 is 2. The number of carbonyl (C=O) groups excluding carboxylic acids is 2. The van der Waals surface area contributed by atoms with Gasteiger partial charge in [0.15, 0.2) is 0 Å². The molecule has 0 heterocycles. The summed E-state index contributed by atoms with van der Waals surface area (Å²) < 4.78 is 9.77. The Kier molecular flexibility index (Phi) is 6.24. The fourth-order valence-electron chi connectivity index (χ4n) is 2.31. The van der Waals surface area contributed by atoms with Crippen LogP contribution < -0.4 is 0 Å². The Labute approximate surface area is 157 Å². The molecule has 7 nitrogen and oxygen atoms in total. The summed E-state index contributed by atoms with van der Waals surface area (Å²) in [7, 11) is 2.44. The maximum Gasteiger partial charge on any atom is 0.338 e. The van der Waals surface area contributed by atoms with Crippen molar-refractivity contribution in [2.75, 3.05) is 14.2 Å². The molecule has 26 heavy (non-hydrogen) atoms. The van der Waals surface area contributed by atoms with Crippen LogP contribution in [0.5, 0.6) is 0 Å². The van der Waals surface area contributed by atoms with Crippen molar-refractivity contribution in [3.63, 3.8) is 0 Å². The number of hydrogen-bond donors (Lipinski definition) is 0. The number of hydrogen-bond acceptors (Lipinski definition) is 6. The third kappa shape index (κ3) is 3.97. The second-order valence-electron chi connectivity index (χ2n) is 5.02. The summed E-state index contributed by atoms with van der Waals surface area (Å²) in [5, 5.41) is 11.1. The third-order valence-electron chi connectivity index (χ3n) is 3.53. The van der Waals surface area contributed by atoms with Gasteiger partial charge in [0.2, 0.25) is 0 Å². The van der Waals surface area contributed by atoms with Gasteiger partial charge in [-0.25, -0.2) is 9.59 Å². The van der Waals surface area contributed by atoms with Crippen molar-refractivity contribution < 1.29 is 24.0 Å². The fraction of sp³-hybridized carbons (Fsp3) is 0.111.